The first-order chi connectivity index (χ1) is 7.36. The van der Waals surface area contributed by atoms with Crippen LogP contribution in [0.2, 0.25) is 0 Å². The van der Waals surface area contributed by atoms with Crippen LogP contribution in [-0.4, -0.2) is 15.3 Å². The van der Waals surface area contributed by atoms with Gasteiger partial charge in [0.2, 0.25) is 0 Å². The maximum atomic E-state index is 11.8. The fourth-order valence-electron chi connectivity index (χ4n) is 1.17. The Morgan fingerprint density at radius 3 is 2.69 bits per heavy atom. The zero-order chi connectivity index (χ0) is 12.3. The predicted octanol–water partition coefficient (Wildman–Crippen LogP) is 2.36. The van der Waals surface area contributed by atoms with E-state index in [1.807, 2.05) is 0 Å². The van der Waals surface area contributed by atoms with Crippen LogP contribution >= 0.6 is 11.8 Å². The van der Waals surface area contributed by atoms with Gasteiger partial charge in [0.05, 0.1) is 5.69 Å². The van der Waals surface area contributed by atoms with E-state index >= 15 is 0 Å². The van der Waals surface area contributed by atoms with E-state index in [-0.39, 0.29) is 11.0 Å². The second kappa shape index (κ2) is 4.87. The van der Waals surface area contributed by atoms with Gasteiger partial charge >= 0.3 is 0 Å². The molecule has 0 aromatic carbocycles. The van der Waals surface area contributed by atoms with E-state index in [1.54, 1.807) is 23.8 Å². The van der Waals surface area contributed by atoms with E-state index < -0.39 is 0 Å². The minimum atomic E-state index is -0.100. The van der Waals surface area contributed by atoms with Crippen molar-refractivity contribution in [2.24, 2.45) is 7.05 Å². The van der Waals surface area contributed by atoms with Crippen LogP contribution < -0.4 is 5.56 Å². The molecule has 3 nitrogen and oxygen atoms in total. The molecule has 1 aromatic rings. The summed E-state index contributed by atoms with van der Waals surface area (Å²) in [6, 6.07) is 1.61. The number of aromatic nitrogens is 2. The van der Waals surface area contributed by atoms with Crippen molar-refractivity contribution in [1.82, 2.24) is 9.55 Å². The molecule has 0 radical (unpaired) electrons. The Bertz CT molecular complexity index is 443. The standard InChI is InChI=1S/C12H18N2OS/c1-6-7-16-11-13-9(12(2,3)4)8-10(15)14(11)5/h6,8H,1,7H2,2-5H3. The second-order valence-electron chi connectivity index (χ2n) is 4.67. The summed E-state index contributed by atoms with van der Waals surface area (Å²) >= 11 is 1.53. The summed E-state index contributed by atoms with van der Waals surface area (Å²) in [4.78, 5) is 16.3. The van der Waals surface area contributed by atoms with Gasteiger partial charge < -0.3 is 0 Å². The predicted molar refractivity (Wildman–Crippen MR) is 69.1 cm³/mol. The highest BCUT2D eigenvalue weighted by molar-refractivity contribution is 7.99. The Balaban J connectivity index is 3.22. The summed E-state index contributed by atoms with van der Waals surface area (Å²) < 4.78 is 1.57. The minimum absolute atomic E-state index is 0.00788. The number of hydrogen-bond acceptors (Lipinski definition) is 3. The van der Waals surface area contributed by atoms with Gasteiger partial charge in [0.1, 0.15) is 0 Å². The molecule has 0 aliphatic carbocycles. The van der Waals surface area contributed by atoms with E-state index in [4.69, 9.17) is 0 Å². The molecule has 0 saturated heterocycles. The van der Waals surface area contributed by atoms with Crippen LogP contribution in [0.1, 0.15) is 26.5 Å². The largest absolute Gasteiger partial charge is 0.291 e. The van der Waals surface area contributed by atoms with E-state index in [1.165, 1.54) is 11.8 Å². The van der Waals surface area contributed by atoms with Crippen LogP contribution in [0.15, 0.2) is 28.7 Å². The van der Waals surface area contributed by atoms with Crippen LogP contribution in [0.4, 0.5) is 0 Å². The summed E-state index contributed by atoms with van der Waals surface area (Å²) in [6.45, 7) is 9.82. The lowest BCUT2D eigenvalue weighted by molar-refractivity contribution is 0.542. The Labute approximate surface area is 101 Å². The maximum Gasteiger partial charge on any atom is 0.254 e. The van der Waals surface area contributed by atoms with Gasteiger partial charge in [-0.1, -0.05) is 38.6 Å². The summed E-state index contributed by atoms with van der Waals surface area (Å²) in [6.07, 6.45) is 1.81. The van der Waals surface area contributed by atoms with Gasteiger partial charge in [-0.15, -0.1) is 6.58 Å². The van der Waals surface area contributed by atoms with Gasteiger partial charge in [0.15, 0.2) is 5.16 Å². The van der Waals surface area contributed by atoms with Crippen molar-refractivity contribution in [2.75, 3.05) is 5.75 Å². The van der Waals surface area contributed by atoms with Gasteiger partial charge in [0, 0.05) is 24.3 Å². The van der Waals surface area contributed by atoms with Gasteiger partial charge in [-0.05, 0) is 0 Å². The number of nitrogens with zero attached hydrogens (tertiary/aromatic N) is 2. The Morgan fingerprint density at radius 1 is 1.56 bits per heavy atom. The highest BCUT2D eigenvalue weighted by atomic mass is 32.2. The normalized spacial score (nSPS) is 11.5. The Morgan fingerprint density at radius 2 is 2.19 bits per heavy atom. The monoisotopic (exact) mass is 238 g/mol. The number of rotatable bonds is 3. The minimum Gasteiger partial charge on any atom is -0.291 e. The molecule has 0 atom stereocenters. The molecule has 4 heteroatoms. The molecule has 0 N–H and O–H groups in total. The molecule has 0 bridgehead atoms. The number of hydrogen-bond donors (Lipinski definition) is 0. The molecule has 0 fully saturated rings. The molecule has 0 unspecified atom stereocenters. The second-order valence-corrected chi connectivity index (χ2v) is 5.66. The van der Waals surface area contributed by atoms with Crippen LogP contribution in [0, 0.1) is 0 Å². The molecule has 0 spiro atoms. The van der Waals surface area contributed by atoms with Crippen LogP contribution in [-0.2, 0) is 12.5 Å². The zero-order valence-corrected chi connectivity index (χ0v) is 11.1. The Hall–Kier alpha value is -1.03. The van der Waals surface area contributed by atoms with Crippen molar-refractivity contribution in [3.8, 4) is 0 Å². The van der Waals surface area contributed by atoms with Gasteiger partial charge in [0.25, 0.3) is 5.56 Å². The summed E-state index contributed by atoms with van der Waals surface area (Å²) in [5.41, 5.74) is 0.727. The molecule has 0 aliphatic rings. The first kappa shape index (κ1) is 13.0. The lowest BCUT2D eigenvalue weighted by atomic mass is 9.92. The fraction of sp³-hybridized carbons (Fsp3) is 0.500. The molecule has 1 heterocycles. The molecule has 16 heavy (non-hydrogen) atoms. The van der Waals surface area contributed by atoms with E-state index in [0.29, 0.717) is 0 Å². The van der Waals surface area contributed by atoms with Crippen molar-refractivity contribution >= 4 is 11.8 Å². The smallest absolute Gasteiger partial charge is 0.254 e. The third-order valence-electron chi connectivity index (χ3n) is 2.19. The van der Waals surface area contributed by atoms with Gasteiger partial charge in [-0.2, -0.15) is 0 Å². The van der Waals surface area contributed by atoms with E-state index in [0.717, 1.165) is 16.6 Å². The lowest BCUT2D eigenvalue weighted by Crippen LogP contribution is -2.25. The maximum absolute atomic E-state index is 11.8. The molecule has 88 valence electrons. The highest BCUT2D eigenvalue weighted by Crippen LogP contribution is 2.21. The summed E-state index contributed by atoms with van der Waals surface area (Å²) in [5, 5.41) is 0.748. The lowest BCUT2D eigenvalue weighted by Gasteiger charge is -2.19. The van der Waals surface area contributed by atoms with Crippen LogP contribution in [0.5, 0.6) is 0 Å². The molecule has 0 saturated carbocycles. The Kier molecular flexibility index (Phi) is 3.97. The van der Waals surface area contributed by atoms with Crippen LogP contribution in [0.3, 0.4) is 0 Å². The summed E-state index contributed by atoms with van der Waals surface area (Å²) in [7, 11) is 1.74. The highest BCUT2D eigenvalue weighted by Gasteiger charge is 2.18. The molecule has 0 amide bonds. The summed E-state index contributed by atoms with van der Waals surface area (Å²) in [5.74, 6) is 0.758. The first-order valence-electron chi connectivity index (χ1n) is 5.18. The molecular weight excluding hydrogens is 220 g/mol. The van der Waals surface area contributed by atoms with E-state index in [2.05, 4.69) is 32.3 Å². The van der Waals surface area contributed by atoms with Crippen molar-refractivity contribution in [2.45, 2.75) is 31.3 Å². The van der Waals surface area contributed by atoms with Crippen molar-refractivity contribution in [3.05, 3.63) is 34.8 Å². The van der Waals surface area contributed by atoms with Crippen molar-refractivity contribution in [3.63, 3.8) is 0 Å². The third kappa shape index (κ3) is 2.98. The quantitative estimate of drug-likeness (QED) is 0.460. The number of thioether (sulfide) groups is 1. The van der Waals surface area contributed by atoms with Crippen LogP contribution in [0.25, 0.3) is 0 Å². The zero-order valence-electron chi connectivity index (χ0n) is 10.3. The van der Waals surface area contributed by atoms with Gasteiger partial charge in [-0.25, -0.2) is 4.98 Å². The fourth-order valence-corrected chi connectivity index (χ4v) is 1.88. The molecular formula is C12H18N2OS. The topological polar surface area (TPSA) is 34.9 Å². The van der Waals surface area contributed by atoms with E-state index in [9.17, 15) is 4.79 Å². The molecule has 0 aliphatic heterocycles. The van der Waals surface area contributed by atoms with Crippen molar-refractivity contribution in [1.29, 1.82) is 0 Å². The average Bonchev–Trinajstić information content (AvgIpc) is 2.18. The third-order valence-corrected chi connectivity index (χ3v) is 3.22. The van der Waals surface area contributed by atoms with Gasteiger partial charge in [-0.3, -0.25) is 9.36 Å². The molecule has 1 rings (SSSR count). The SMILES string of the molecule is C=CCSc1nc(C(C)(C)C)cc(=O)n1C. The first-order valence-corrected chi connectivity index (χ1v) is 6.17. The average molecular weight is 238 g/mol. The molecule has 1 aromatic heterocycles. The van der Waals surface area contributed by atoms with Crippen molar-refractivity contribution < 1.29 is 0 Å².